The van der Waals surface area contributed by atoms with Gasteiger partial charge in [-0.15, -0.1) is 0 Å². The quantitative estimate of drug-likeness (QED) is 0.909. The first-order valence-electron chi connectivity index (χ1n) is 7.92. The molecule has 1 aliphatic rings. The summed E-state index contributed by atoms with van der Waals surface area (Å²) in [6.07, 6.45) is 1.34. The maximum Gasteiger partial charge on any atom is 0.260 e. The lowest BCUT2D eigenvalue weighted by Crippen LogP contribution is -2.49. The molecule has 1 atom stereocenters. The molecule has 1 heterocycles. The van der Waals surface area contributed by atoms with Crippen molar-refractivity contribution in [3.8, 4) is 5.75 Å². The zero-order valence-corrected chi connectivity index (χ0v) is 13.5. The SMILES string of the molecule is CC(C)N1CCC(NC(=O)[C@@H](C)Oc2ccc(F)cc2)CC1. The molecule has 1 aromatic carbocycles. The van der Waals surface area contributed by atoms with E-state index in [4.69, 9.17) is 4.74 Å². The third-order valence-electron chi connectivity index (χ3n) is 4.10. The number of nitrogens with zero attached hydrogens (tertiary/aromatic N) is 1. The van der Waals surface area contributed by atoms with Crippen LogP contribution >= 0.6 is 0 Å². The van der Waals surface area contributed by atoms with E-state index >= 15 is 0 Å². The number of carbonyl (C=O) groups is 1. The molecule has 1 amide bonds. The number of carbonyl (C=O) groups excluding carboxylic acids is 1. The van der Waals surface area contributed by atoms with Crippen LogP contribution in [0.2, 0.25) is 0 Å². The number of hydrogen-bond donors (Lipinski definition) is 1. The highest BCUT2D eigenvalue weighted by atomic mass is 19.1. The van der Waals surface area contributed by atoms with Crippen LogP contribution in [-0.4, -0.2) is 42.1 Å². The van der Waals surface area contributed by atoms with Crippen LogP contribution in [-0.2, 0) is 4.79 Å². The summed E-state index contributed by atoms with van der Waals surface area (Å²) < 4.78 is 18.4. The summed E-state index contributed by atoms with van der Waals surface area (Å²) in [6, 6.07) is 6.46. The molecule has 22 heavy (non-hydrogen) atoms. The molecule has 0 bridgehead atoms. The van der Waals surface area contributed by atoms with Crippen molar-refractivity contribution in [2.45, 2.75) is 51.8 Å². The Kier molecular flexibility index (Phi) is 5.77. The minimum atomic E-state index is -0.589. The first-order valence-corrected chi connectivity index (χ1v) is 7.92. The summed E-state index contributed by atoms with van der Waals surface area (Å²) in [6.45, 7) is 8.11. The van der Waals surface area contributed by atoms with Crippen LogP contribution in [0.5, 0.6) is 5.75 Å². The van der Waals surface area contributed by atoms with Crippen LogP contribution in [0.4, 0.5) is 4.39 Å². The van der Waals surface area contributed by atoms with E-state index in [0.29, 0.717) is 11.8 Å². The third kappa shape index (κ3) is 4.70. The lowest BCUT2D eigenvalue weighted by atomic mass is 10.0. The Morgan fingerprint density at radius 2 is 1.82 bits per heavy atom. The van der Waals surface area contributed by atoms with E-state index in [-0.39, 0.29) is 17.8 Å². The maximum atomic E-state index is 12.8. The maximum absolute atomic E-state index is 12.8. The summed E-state index contributed by atoms with van der Waals surface area (Å²) in [4.78, 5) is 14.6. The standard InChI is InChI=1S/C17H25FN2O2/c1-12(2)20-10-8-15(9-11-20)19-17(21)13(3)22-16-6-4-14(18)5-7-16/h4-7,12-13,15H,8-11H2,1-3H3,(H,19,21)/t13-/m1/s1. The largest absolute Gasteiger partial charge is 0.481 e. The van der Waals surface area contributed by atoms with Gasteiger partial charge in [0.1, 0.15) is 11.6 Å². The van der Waals surface area contributed by atoms with E-state index in [2.05, 4.69) is 24.1 Å². The minimum Gasteiger partial charge on any atom is -0.481 e. The van der Waals surface area contributed by atoms with Crippen molar-refractivity contribution in [3.63, 3.8) is 0 Å². The number of nitrogens with one attached hydrogen (secondary N) is 1. The van der Waals surface area contributed by atoms with Gasteiger partial charge in [-0.2, -0.15) is 0 Å². The van der Waals surface area contributed by atoms with Gasteiger partial charge in [0.25, 0.3) is 5.91 Å². The highest BCUT2D eigenvalue weighted by Crippen LogP contribution is 2.15. The molecule has 1 N–H and O–H groups in total. The molecule has 122 valence electrons. The van der Waals surface area contributed by atoms with Crippen molar-refractivity contribution in [2.75, 3.05) is 13.1 Å². The van der Waals surface area contributed by atoms with E-state index in [9.17, 15) is 9.18 Å². The van der Waals surface area contributed by atoms with Crippen LogP contribution in [0.15, 0.2) is 24.3 Å². The molecule has 1 saturated heterocycles. The molecule has 1 aromatic rings. The first-order chi connectivity index (χ1) is 10.5. The molecule has 2 rings (SSSR count). The summed E-state index contributed by atoms with van der Waals surface area (Å²) in [7, 11) is 0. The minimum absolute atomic E-state index is 0.118. The number of hydrogen-bond acceptors (Lipinski definition) is 3. The van der Waals surface area contributed by atoms with E-state index < -0.39 is 6.10 Å². The van der Waals surface area contributed by atoms with Crippen molar-refractivity contribution >= 4 is 5.91 Å². The molecule has 0 aliphatic carbocycles. The summed E-state index contributed by atoms with van der Waals surface area (Å²) in [5.41, 5.74) is 0. The van der Waals surface area contributed by atoms with Crippen LogP contribution < -0.4 is 10.1 Å². The van der Waals surface area contributed by atoms with Crippen LogP contribution in [0.3, 0.4) is 0 Å². The van der Waals surface area contributed by atoms with Gasteiger partial charge in [-0.1, -0.05) is 0 Å². The molecule has 0 spiro atoms. The summed E-state index contributed by atoms with van der Waals surface area (Å²) >= 11 is 0. The normalized spacial score (nSPS) is 18.2. The van der Waals surface area contributed by atoms with E-state index in [1.54, 1.807) is 6.92 Å². The molecular formula is C17H25FN2O2. The topological polar surface area (TPSA) is 41.6 Å². The fourth-order valence-electron chi connectivity index (χ4n) is 2.65. The number of piperidine rings is 1. The molecule has 0 saturated carbocycles. The molecule has 5 heteroatoms. The van der Waals surface area contributed by atoms with Crippen molar-refractivity contribution in [1.82, 2.24) is 10.2 Å². The number of likely N-dealkylation sites (tertiary alicyclic amines) is 1. The Balaban J connectivity index is 1.78. The predicted molar refractivity (Wildman–Crippen MR) is 84.4 cm³/mol. The van der Waals surface area contributed by atoms with Gasteiger partial charge >= 0.3 is 0 Å². The number of benzene rings is 1. The van der Waals surface area contributed by atoms with Gasteiger partial charge in [0.05, 0.1) is 0 Å². The second-order valence-corrected chi connectivity index (χ2v) is 6.13. The fourth-order valence-corrected chi connectivity index (χ4v) is 2.65. The Labute approximate surface area is 131 Å². The number of rotatable bonds is 5. The Hall–Kier alpha value is -1.62. The molecule has 0 aromatic heterocycles. The van der Waals surface area contributed by atoms with Crippen LogP contribution in [0.1, 0.15) is 33.6 Å². The van der Waals surface area contributed by atoms with Gasteiger partial charge in [0.15, 0.2) is 6.10 Å². The smallest absolute Gasteiger partial charge is 0.260 e. The average Bonchev–Trinajstić information content (AvgIpc) is 2.50. The van der Waals surface area contributed by atoms with Gasteiger partial charge in [0.2, 0.25) is 0 Å². The highest BCUT2D eigenvalue weighted by molar-refractivity contribution is 5.81. The van der Waals surface area contributed by atoms with E-state index in [1.165, 1.54) is 24.3 Å². The molecule has 0 radical (unpaired) electrons. The van der Waals surface area contributed by atoms with Crippen molar-refractivity contribution < 1.29 is 13.9 Å². The van der Waals surface area contributed by atoms with Crippen molar-refractivity contribution in [2.24, 2.45) is 0 Å². The Morgan fingerprint density at radius 3 is 2.36 bits per heavy atom. The van der Waals surface area contributed by atoms with Crippen molar-refractivity contribution in [3.05, 3.63) is 30.1 Å². The fraction of sp³-hybridized carbons (Fsp3) is 0.588. The number of ether oxygens (including phenoxy) is 1. The average molecular weight is 308 g/mol. The van der Waals surface area contributed by atoms with E-state index in [0.717, 1.165) is 25.9 Å². The molecular weight excluding hydrogens is 283 g/mol. The molecule has 0 unspecified atom stereocenters. The zero-order chi connectivity index (χ0) is 16.1. The van der Waals surface area contributed by atoms with Gasteiger partial charge in [-0.05, 0) is 57.9 Å². The third-order valence-corrected chi connectivity index (χ3v) is 4.10. The second-order valence-electron chi connectivity index (χ2n) is 6.13. The van der Waals surface area contributed by atoms with Crippen LogP contribution in [0.25, 0.3) is 0 Å². The zero-order valence-electron chi connectivity index (χ0n) is 13.5. The van der Waals surface area contributed by atoms with Crippen LogP contribution in [0, 0.1) is 5.82 Å². The lowest BCUT2D eigenvalue weighted by Gasteiger charge is -2.35. The summed E-state index contributed by atoms with van der Waals surface area (Å²) in [5, 5.41) is 3.05. The molecule has 4 nitrogen and oxygen atoms in total. The highest BCUT2D eigenvalue weighted by Gasteiger charge is 2.24. The van der Waals surface area contributed by atoms with Gasteiger partial charge in [0, 0.05) is 25.2 Å². The number of amides is 1. The lowest BCUT2D eigenvalue weighted by molar-refractivity contribution is -0.128. The van der Waals surface area contributed by atoms with E-state index in [1.807, 2.05) is 0 Å². The van der Waals surface area contributed by atoms with Gasteiger partial charge < -0.3 is 15.0 Å². The number of halogens is 1. The Morgan fingerprint density at radius 1 is 1.23 bits per heavy atom. The monoisotopic (exact) mass is 308 g/mol. The van der Waals surface area contributed by atoms with Gasteiger partial charge in [-0.3, -0.25) is 4.79 Å². The van der Waals surface area contributed by atoms with Crippen molar-refractivity contribution in [1.29, 1.82) is 0 Å². The Bertz CT molecular complexity index is 482. The summed E-state index contributed by atoms with van der Waals surface area (Å²) in [5.74, 6) is 0.0624. The predicted octanol–water partition coefficient (Wildman–Crippen LogP) is 2.58. The second kappa shape index (κ2) is 7.58. The first kappa shape index (κ1) is 16.7. The molecule has 1 aliphatic heterocycles. The molecule has 1 fully saturated rings. The van der Waals surface area contributed by atoms with Gasteiger partial charge in [-0.25, -0.2) is 4.39 Å².